The van der Waals surface area contributed by atoms with Crippen LogP contribution in [0.1, 0.15) is 60.8 Å². The number of carboxylic acids is 1. The second-order valence-electron chi connectivity index (χ2n) is 5.70. The molecule has 4 heteroatoms. The van der Waals surface area contributed by atoms with Gasteiger partial charge in [-0.3, -0.25) is 9.69 Å². The average molecular weight is 272 g/mol. The van der Waals surface area contributed by atoms with Gasteiger partial charge in [-0.25, -0.2) is 0 Å². The first kappa shape index (κ1) is 18.4. The van der Waals surface area contributed by atoms with E-state index in [1.807, 2.05) is 0 Å². The molecule has 19 heavy (non-hydrogen) atoms. The van der Waals surface area contributed by atoms with Crippen LogP contribution in [0.5, 0.6) is 0 Å². The Morgan fingerprint density at radius 1 is 1.26 bits per heavy atom. The normalized spacial score (nSPS) is 18.1. The molecule has 0 aliphatic heterocycles. The Bertz CT molecular complexity index is 271. The molecule has 0 aliphatic rings. The molecule has 3 atom stereocenters. The van der Waals surface area contributed by atoms with Crippen LogP contribution in [0.2, 0.25) is 0 Å². The van der Waals surface area contributed by atoms with Gasteiger partial charge in [0.05, 0.1) is 0 Å². The summed E-state index contributed by atoms with van der Waals surface area (Å²) in [6, 6.07) is 0.745. The van der Waals surface area contributed by atoms with Crippen molar-refractivity contribution in [3.05, 3.63) is 0 Å². The molecule has 0 heterocycles. The number of carboxylic acid groups (broad SMARTS) is 1. The standard InChI is InChI=1S/C15H32N2O2/c1-7-10-16-15(6,14(18)19)11-13(5)17(9-3)12(4)8-2/h12-13,16H,7-11H2,1-6H3,(H,18,19). The first-order valence-electron chi connectivity index (χ1n) is 7.56. The van der Waals surface area contributed by atoms with E-state index in [2.05, 4.69) is 44.8 Å². The van der Waals surface area contributed by atoms with E-state index in [0.717, 1.165) is 25.9 Å². The highest BCUT2D eigenvalue weighted by atomic mass is 16.4. The van der Waals surface area contributed by atoms with Crippen LogP contribution in [0.4, 0.5) is 0 Å². The second-order valence-corrected chi connectivity index (χ2v) is 5.70. The van der Waals surface area contributed by atoms with E-state index >= 15 is 0 Å². The second kappa shape index (κ2) is 8.54. The Labute approximate surface area is 118 Å². The predicted octanol–water partition coefficient (Wildman–Crippen LogP) is 2.73. The van der Waals surface area contributed by atoms with Crippen LogP contribution in [-0.2, 0) is 4.79 Å². The molecular formula is C15H32N2O2. The molecule has 114 valence electrons. The maximum atomic E-state index is 11.5. The lowest BCUT2D eigenvalue weighted by atomic mass is 9.92. The zero-order valence-corrected chi connectivity index (χ0v) is 13.5. The zero-order valence-electron chi connectivity index (χ0n) is 13.5. The Kier molecular flexibility index (Phi) is 8.26. The molecule has 0 amide bonds. The maximum absolute atomic E-state index is 11.5. The van der Waals surface area contributed by atoms with Crippen molar-refractivity contribution in [2.45, 2.75) is 78.4 Å². The molecule has 0 saturated carbocycles. The summed E-state index contributed by atoms with van der Waals surface area (Å²) in [5.74, 6) is -0.756. The molecule has 0 aromatic carbocycles. The molecule has 0 saturated heterocycles. The number of nitrogens with one attached hydrogen (secondary N) is 1. The lowest BCUT2D eigenvalue weighted by Gasteiger charge is -2.38. The quantitative estimate of drug-likeness (QED) is 0.642. The highest BCUT2D eigenvalue weighted by molar-refractivity contribution is 5.78. The van der Waals surface area contributed by atoms with Crippen LogP contribution in [0.15, 0.2) is 0 Å². The van der Waals surface area contributed by atoms with Crippen LogP contribution in [0.3, 0.4) is 0 Å². The topological polar surface area (TPSA) is 52.6 Å². The minimum Gasteiger partial charge on any atom is -0.480 e. The van der Waals surface area contributed by atoms with Gasteiger partial charge in [-0.2, -0.15) is 0 Å². The van der Waals surface area contributed by atoms with Gasteiger partial charge in [0.15, 0.2) is 0 Å². The number of hydrogen-bond acceptors (Lipinski definition) is 3. The number of nitrogens with zero attached hydrogens (tertiary/aromatic N) is 1. The van der Waals surface area contributed by atoms with E-state index in [1.165, 1.54) is 0 Å². The largest absolute Gasteiger partial charge is 0.480 e. The highest BCUT2D eigenvalue weighted by Crippen LogP contribution is 2.19. The third-order valence-corrected chi connectivity index (χ3v) is 4.03. The Morgan fingerprint density at radius 2 is 1.84 bits per heavy atom. The highest BCUT2D eigenvalue weighted by Gasteiger charge is 2.35. The summed E-state index contributed by atoms with van der Waals surface area (Å²) < 4.78 is 0. The molecule has 3 unspecified atom stereocenters. The summed E-state index contributed by atoms with van der Waals surface area (Å²) in [6.45, 7) is 14.2. The average Bonchev–Trinajstić information content (AvgIpc) is 2.36. The van der Waals surface area contributed by atoms with Crippen molar-refractivity contribution in [2.75, 3.05) is 13.1 Å². The van der Waals surface area contributed by atoms with Crippen molar-refractivity contribution in [3.63, 3.8) is 0 Å². The summed E-state index contributed by atoms with van der Waals surface area (Å²) in [5.41, 5.74) is -0.837. The van der Waals surface area contributed by atoms with Gasteiger partial charge in [0.2, 0.25) is 0 Å². The third-order valence-electron chi connectivity index (χ3n) is 4.03. The molecule has 2 N–H and O–H groups in total. The summed E-state index contributed by atoms with van der Waals surface area (Å²) in [5, 5.41) is 12.7. The molecule has 0 spiro atoms. The molecule has 0 radical (unpaired) electrons. The Balaban J connectivity index is 4.78. The van der Waals surface area contributed by atoms with Crippen molar-refractivity contribution in [1.29, 1.82) is 0 Å². The van der Waals surface area contributed by atoms with E-state index in [1.54, 1.807) is 6.92 Å². The lowest BCUT2D eigenvalue weighted by molar-refractivity contribution is -0.145. The van der Waals surface area contributed by atoms with E-state index < -0.39 is 11.5 Å². The van der Waals surface area contributed by atoms with E-state index in [-0.39, 0.29) is 6.04 Å². The minimum absolute atomic E-state index is 0.255. The van der Waals surface area contributed by atoms with Crippen LogP contribution in [0, 0.1) is 0 Å². The van der Waals surface area contributed by atoms with E-state index in [4.69, 9.17) is 0 Å². The molecule has 4 nitrogen and oxygen atoms in total. The molecule has 0 aromatic rings. The van der Waals surface area contributed by atoms with Gasteiger partial charge >= 0.3 is 5.97 Å². The Morgan fingerprint density at radius 3 is 2.21 bits per heavy atom. The number of carbonyl (C=O) groups is 1. The number of rotatable bonds is 10. The predicted molar refractivity (Wildman–Crippen MR) is 80.5 cm³/mol. The van der Waals surface area contributed by atoms with Crippen LogP contribution < -0.4 is 5.32 Å². The summed E-state index contributed by atoms with van der Waals surface area (Å²) in [6.07, 6.45) is 2.66. The van der Waals surface area contributed by atoms with Crippen molar-refractivity contribution in [3.8, 4) is 0 Å². The van der Waals surface area contributed by atoms with Crippen LogP contribution in [-0.4, -0.2) is 46.7 Å². The number of hydrogen-bond donors (Lipinski definition) is 2. The third kappa shape index (κ3) is 5.49. The van der Waals surface area contributed by atoms with Gasteiger partial charge in [0, 0.05) is 12.1 Å². The fraction of sp³-hybridized carbons (Fsp3) is 0.933. The van der Waals surface area contributed by atoms with E-state index in [9.17, 15) is 9.90 Å². The van der Waals surface area contributed by atoms with Crippen LogP contribution in [0.25, 0.3) is 0 Å². The summed E-state index contributed by atoms with van der Waals surface area (Å²) in [4.78, 5) is 13.9. The van der Waals surface area contributed by atoms with Gasteiger partial charge in [-0.15, -0.1) is 0 Å². The van der Waals surface area contributed by atoms with Crippen molar-refractivity contribution in [1.82, 2.24) is 10.2 Å². The monoisotopic (exact) mass is 272 g/mol. The van der Waals surface area contributed by atoms with Crippen molar-refractivity contribution < 1.29 is 9.90 Å². The lowest BCUT2D eigenvalue weighted by Crippen LogP contribution is -2.54. The Hall–Kier alpha value is -0.610. The first-order chi connectivity index (χ1) is 8.82. The molecule has 0 bridgehead atoms. The molecule has 0 aliphatic carbocycles. The first-order valence-corrected chi connectivity index (χ1v) is 7.56. The fourth-order valence-corrected chi connectivity index (χ4v) is 2.64. The fourth-order valence-electron chi connectivity index (χ4n) is 2.64. The van der Waals surface area contributed by atoms with Gasteiger partial charge in [0.1, 0.15) is 5.54 Å². The minimum atomic E-state index is -0.837. The van der Waals surface area contributed by atoms with Crippen molar-refractivity contribution >= 4 is 5.97 Å². The van der Waals surface area contributed by atoms with Gasteiger partial charge in [0.25, 0.3) is 0 Å². The molecular weight excluding hydrogens is 240 g/mol. The summed E-state index contributed by atoms with van der Waals surface area (Å²) in [7, 11) is 0. The molecule has 0 aromatic heterocycles. The van der Waals surface area contributed by atoms with E-state index in [0.29, 0.717) is 12.5 Å². The van der Waals surface area contributed by atoms with Crippen molar-refractivity contribution in [2.24, 2.45) is 0 Å². The van der Waals surface area contributed by atoms with Gasteiger partial charge in [-0.05, 0) is 53.1 Å². The van der Waals surface area contributed by atoms with Gasteiger partial charge < -0.3 is 10.4 Å². The van der Waals surface area contributed by atoms with Crippen LogP contribution >= 0.6 is 0 Å². The van der Waals surface area contributed by atoms with Gasteiger partial charge in [-0.1, -0.05) is 20.8 Å². The number of aliphatic carboxylic acids is 1. The molecule has 0 fully saturated rings. The maximum Gasteiger partial charge on any atom is 0.323 e. The molecule has 0 rings (SSSR count). The zero-order chi connectivity index (χ0) is 15.1. The smallest absolute Gasteiger partial charge is 0.323 e. The summed E-state index contributed by atoms with van der Waals surface area (Å²) >= 11 is 0. The SMILES string of the molecule is CCCNC(C)(CC(C)N(CC)C(C)CC)C(=O)O.